The number of carboxylic acids is 1. The van der Waals surface area contributed by atoms with Crippen LogP contribution in [-0.4, -0.2) is 5.97 Å². The third-order valence-electron chi connectivity index (χ3n) is 0.927. The molecule has 0 aliphatic carbocycles. The summed E-state index contributed by atoms with van der Waals surface area (Å²) in [4.78, 5) is 10.8. The van der Waals surface area contributed by atoms with Gasteiger partial charge in [-0.2, -0.15) is 0 Å². The predicted molar refractivity (Wildman–Crippen MR) is 38.4 cm³/mol. The Hall–Kier alpha value is -1.09. The van der Waals surface area contributed by atoms with Gasteiger partial charge in [-0.05, 0) is 23.6 Å². The molecule has 3 heteroatoms. The summed E-state index contributed by atoms with van der Waals surface area (Å²) in [6.07, 6.45) is 2.53. The average Bonchev–Trinajstić information content (AvgIpc) is 2.34. The minimum absolute atomic E-state index is 0.921. The lowest BCUT2D eigenvalue weighted by molar-refractivity contribution is -0.297. The third kappa shape index (κ3) is 2.03. The quantitative estimate of drug-likeness (QED) is 0.581. The Bertz CT molecular complexity index is 236. The van der Waals surface area contributed by atoms with Gasteiger partial charge in [0.05, 0.1) is 5.97 Å². The molecular formula is C7H5O2S-. The highest BCUT2D eigenvalue weighted by Gasteiger charge is 1.83. The van der Waals surface area contributed by atoms with Crippen molar-refractivity contribution in [1.82, 2.24) is 0 Å². The Labute approximate surface area is 62.4 Å². The molecule has 0 fully saturated rings. The highest BCUT2D eigenvalue weighted by Crippen LogP contribution is 2.09. The second-order valence-corrected chi connectivity index (χ2v) is 2.65. The molecule has 0 bridgehead atoms. The smallest absolute Gasteiger partial charge is 0.0643 e. The zero-order valence-corrected chi connectivity index (χ0v) is 5.93. The summed E-state index contributed by atoms with van der Waals surface area (Å²) in [6, 6.07) is 3.70. The molecule has 0 unspecified atom stereocenters. The van der Waals surface area contributed by atoms with Crippen LogP contribution in [0.4, 0.5) is 0 Å². The third-order valence-corrected chi connectivity index (χ3v) is 1.76. The van der Waals surface area contributed by atoms with E-state index in [4.69, 9.17) is 0 Å². The van der Waals surface area contributed by atoms with Gasteiger partial charge in [0, 0.05) is 4.88 Å². The Morgan fingerprint density at radius 1 is 1.70 bits per heavy atom. The fourth-order valence-corrected chi connectivity index (χ4v) is 1.15. The largest absolute Gasteiger partial charge is 0.545 e. The highest BCUT2D eigenvalue weighted by atomic mass is 32.1. The maximum atomic E-state index is 9.90. The van der Waals surface area contributed by atoms with E-state index in [-0.39, 0.29) is 0 Å². The second-order valence-electron chi connectivity index (χ2n) is 1.67. The van der Waals surface area contributed by atoms with Crippen molar-refractivity contribution < 1.29 is 9.90 Å². The second kappa shape index (κ2) is 3.17. The predicted octanol–water partition coefficient (Wildman–Crippen LogP) is 0.511. The molecule has 0 atom stereocenters. The minimum Gasteiger partial charge on any atom is -0.545 e. The molecule has 10 heavy (non-hydrogen) atoms. The molecule has 0 amide bonds. The molecule has 2 nitrogen and oxygen atoms in total. The molecule has 0 saturated heterocycles. The SMILES string of the molecule is O=C([O-])C=Cc1cccs1. The van der Waals surface area contributed by atoms with E-state index >= 15 is 0 Å². The lowest BCUT2D eigenvalue weighted by atomic mass is 10.4. The van der Waals surface area contributed by atoms with Crippen molar-refractivity contribution in [3.8, 4) is 0 Å². The number of carbonyl (C=O) groups excluding carboxylic acids is 1. The van der Waals surface area contributed by atoms with E-state index in [1.165, 1.54) is 17.4 Å². The Morgan fingerprint density at radius 3 is 3.00 bits per heavy atom. The summed E-state index contributed by atoms with van der Waals surface area (Å²) in [5.74, 6) is -1.16. The van der Waals surface area contributed by atoms with Crippen molar-refractivity contribution in [2.45, 2.75) is 0 Å². The van der Waals surface area contributed by atoms with Crippen LogP contribution in [0.5, 0.6) is 0 Å². The highest BCUT2D eigenvalue weighted by molar-refractivity contribution is 7.10. The molecule has 0 spiro atoms. The van der Waals surface area contributed by atoms with Gasteiger partial charge in [0.2, 0.25) is 0 Å². The summed E-state index contributed by atoms with van der Waals surface area (Å²) in [6.45, 7) is 0. The molecule has 52 valence electrons. The summed E-state index contributed by atoms with van der Waals surface area (Å²) in [5.41, 5.74) is 0. The summed E-state index contributed by atoms with van der Waals surface area (Å²) in [7, 11) is 0. The standard InChI is InChI=1S/C7H6O2S/c8-7(9)4-3-6-2-1-5-10-6/h1-5H,(H,8,9)/p-1. The number of hydrogen-bond acceptors (Lipinski definition) is 3. The average molecular weight is 153 g/mol. The van der Waals surface area contributed by atoms with Crippen LogP contribution in [0.15, 0.2) is 23.6 Å². The van der Waals surface area contributed by atoms with Gasteiger partial charge in [-0.1, -0.05) is 6.07 Å². The molecule has 0 aromatic carbocycles. The van der Waals surface area contributed by atoms with Crippen molar-refractivity contribution in [1.29, 1.82) is 0 Å². The Kier molecular flexibility index (Phi) is 2.23. The lowest BCUT2D eigenvalue weighted by Gasteiger charge is -1.87. The van der Waals surface area contributed by atoms with Gasteiger partial charge >= 0.3 is 0 Å². The van der Waals surface area contributed by atoms with Gasteiger partial charge in [0.25, 0.3) is 0 Å². The minimum atomic E-state index is -1.16. The molecule has 1 aromatic rings. The van der Waals surface area contributed by atoms with Crippen LogP contribution in [0.1, 0.15) is 4.88 Å². The number of thiophene rings is 1. The molecular weight excluding hydrogens is 148 g/mol. The van der Waals surface area contributed by atoms with Crippen LogP contribution in [0.25, 0.3) is 6.08 Å². The van der Waals surface area contributed by atoms with E-state index in [2.05, 4.69) is 0 Å². The Balaban J connectivity index is 2.64. The first kappa shape index (κ1) is 7.02. The maximum Gasteiger partial charge on any atom is 0.0643 e. The van der Waals surface area contributed by atoms with Crippen LogP contribution >= 0.6 is 11.3 Å². The van der Waals surface area contributed by atoms with E-state index in [1.54, 1.807) is 0 Å². The first-order chi connectivity index (χ1) is 4.79. The molecule has 0 aliphatic heterocycles. The number of aliphatic carboxylic acids is 1. The van der Waals surface area contributed by atoms with E-state index in [0.717, 1.165) is 11.0 Å². The van der Waals surface area contributed by atoms with Crippen LogP contribution in [0.3, 0.4) is 0 Å². The van der Waals surface area contributed by atoms with Gasteiger partial charge in [0.15, 0.2) is 0 Å². The number of carboxylic acid groups (broad SMARTS) is 1. The van der Waals surface area contributed by atoms with Crippen molar-refractivity contribution in [2.24, 2.45) is 0 Å². The molecule has 0 saturated carbocycles. The maximum absolute atomic E-state index is 9.90. The fourth-order valence-electron chi connectivity index (χ4n) is 0.536. The molecule has 1 rings (SSSR count). The van der Waals surface area contributed by atoms with Crippen molar-refractivity contribution in [2.75, 3.05) is 0 Å². The summed E-state index contributed by atoms with van der Waals surface area (Å²) in [5, 5.41) is 11.8. The molecule has 0 aliphatic rings. The van der Waals surface area contributed by atoms with Crippen LogP contribution in [0, 0.1) is 0 Å². The van der Waals surface area contributed by atoms with E-state index in [0.29, 0.717) is 0 Å². The monoisotopic (exact) mass is 153 g/mol. The van der Waals surface area contributed by atoms with Crippen molar-refractivity contribution in [3.05, 3.63) is 28.5 Å². The Morgan fingerprint density at radius 2 is 2.50 bits per heavy atom. The van der Waals surface area contributed by atoms with Gasteiger partial charge in [-0.3, -0.25) is 0 Å². The first-order valence-electron chi connectivity index (χ1n) is 2.71. The number of rotatable bonds is 2. The molecule has 0 N–H and O–H groups in total. The van der Waals surface area contributed by atoms with E-state index < -0.39 is 5.97 Å². The van der Waals surface area contributed by atoms with E-state index in [9.17, 15) is 9.90 Å². The topological polar surface area (TPSA) is 40.1 Å². The van der Waals surface area contributed by atoms with Crippen LogP contribution < -0.4 is 5.11 Å². The first-order valence-corrected chi connectivity index (χ1v) is 3.59. The van der Waals surface area contributed by atoms with Gasteiger partial charge in [-0.25, -0.2) is 0 Å². The molecule has 1 aromatic heterocycles. The van der Waals surface area contributed by atoms with Crippen molar-refractivity contribution in [3.63, 3.8) is 0 Å². The summed E-state index contributed by atoms with van der Waals surface area (Å²) >= 11 is 1.49. The van der Waals surface area contributed by atoms with Gasteiger partial charge < -0.3 is 9.90 Å². The normalized spacial score (nSPS) is 10.4. The number of carbonyl (C=O) groups is 1. The van der Waals surface area contributed by atoms with Crippen molar-refractivity contribution >= 4 is 23.4 Å². The van der Waals surface area contributed by atoms with Gasteiger partial charge in [-0.15, -0.1) is 11.3 Å². The van der Waals surface area contributed by atoms with Gasteiger partial charge in [0.1, 0.15) is 0 Å². The van der Waals surface area contributed by atoms with Crippen LogP contribution in [-0.2, 0) is 4.79 Å². The van der Waals surface area contributed by atoms with E-state index in [1.807, 2.05) is 17.5 Å². The zero-order chi connectivity index (χ0) is 7.40. The fraction of sp³-hybridized carbons (Fsp3) is 0. The molecule has 0 radical (unpaired) electrons. The lowest BCUT2D eigenvalue weighted by Crippen LogP contribution is -2.18. The summed E-state index contributed by atoms with van der Waals surface area (Å²) < 4.78 is 0. The number of hydrogen-bond donors (Lipinski definition) is 0. The molecule has 1 heterocycles. The van der Waals surface area contributed by atoms with Crippen LogP contribution in [0.2, 0.25) is 0 Å². The zero-order valence-electron chi connectivity index (χ0n) is 5.11.